The smallest absolute Gasteiger partial charge is 0.243 e. The summed E-state index contributed by atoms with van der Waals surface area (Å²) in [6, 6.07) is 10.3. The lowest BCUT2D eigenvalue weighted by Crippen LogP contribution is -2.53. The van der Waals surface area contributed by atoms with Crippen LogP contribution in [0.3, 0.4) is 0 Å². The summed E-state index contributed by atoms with van der Waals surface area (Å²) in [6.07, 6.45) is 4.12. The Balaban J connectivity index is 1.49. The molecule has 5 rings (SSSR count). The van der Waals surface area contributed by atoms with Gasteiger partial charge in [0.05, 0.1) is 22.5 Å². The van der Waals surface area contributed by atoms with E-state index in [4.69, 9.17) is 0 Å². The van der Waals surface area contributed by atoms with Gasteiger partial charge in [-0.1, -0.05) is 18.2 Å². The molecule has 1 fully saturated rings. The lowest BCUT2D eigenvalue weighted by Gasteiger charge is -2.39. The van der Waals surface area contributed by atoms with E-state index in [1.54, 1.807) is 36.5 Å². The molecule has 0 aliphatic carbocycles. The molecule has 8 nitrogen and oxygen atoms in total. The Morgan fingerprint density at radius 1 is 1.18 bits per heavy atom. The zero-order valence-electron chi connectivity index (χ0n) is 15.1. The van der Waals surface area contributed by atoms with Gasteiger partial charge < -0.3 is 20.3 Å². The largest absolute Gasteiger partial charge is 0.356 e. The van der Waals surface area contributed by atoms with Crippen molar-refractivity contribution in [1.29, 1.82) is 0 Å². The van der Waals surface area contributed by atoms with Crippen molar-refractivity contribution in [2.45, 2.75) is 30.1 Å². The maximum absolute atomic E-state index is 13.1. The SMILES string of the molecule is O=S(=O)(c1ccccc1)N1CCC[C@@H](N2c3c(cnc4[nH]ccc34)NC2O)C1. The van der Waals surface area contributed by atoms with Crippen LogP contribution < -0.4 is 10.2 Å². The van der Waals surface area contributed by atoms with Gasteiger partial charge in [0.25, 0.3) is 0 Å². The number of aliphatic hydroxyl groups is 1. The third-order valence-corrected chi connectivity index (χ3v) is 7.38. The lowest BCUT2D eigenvalue weighted by molar-refractivity contribution is 0.175. The predicted octanol–water partition coefficient (Wildman–Crippen LogP) is 1.92. The van der Waals surface area contributed by atoms with Crippen LogP contribution in [0.5, 0.6) is 0 Å². The summed E-state index contributed by atoms with van der Waals surface area (Å²) in [5, 5.41) is 14.6. The Hall–Kier alpha value is -2.62. The monoisotopic (exact) mass is 399 g/mol. The topological polar surface area (TPSA) is 102 Å². The molecular weight excluding hydrogens is 378 g/mol. The summed E-state index contributed by atoms with van der Waals surface area (Å²) < 4.78 is 27.6. The summed E-state index contributed by atoms with van der Waals surface area (Å²) in [6.45, 7) is 0.803. The van der Waals surface area contributed by atoms with Crippen LogP contribution in [0.25, 0.3) is 11.0 Å². The van der Waals surface area contributed by atoms with E-state index in [9.17, 15) is 13.5 Å². The van der Waals surface area contributed by atoms with Gasteiger partial charge in [-0.25, -0.2) is 13.4 Å². The number of pyridine rings is 1. The summed E-state index contributed by atoms with van der Waals surface area (Å²) in [4.78, 5) is 9.64. The molecule has 1 aromatic carbocycles. The minimum absolute atomic E-state index is 0.142. The van der Waals surface area contributed by atoms with Gasteiger partial charge in [-0.3, -0.25) is 0 Å². The molecule has 2 atom stereocenters. The number of aliphatic hydroxyl groups excluding tert-OH is 1. The van der Waals surface area contributed by atoms with Crippen LogP contribution in [-0.2, 0) is 10.0 Å². The van der Waals surface area contributed by atoms with E-state index >= 15 is 0 Å². The first-order valence-corrected chi connectivity index (χ1v) is 10.7. The number of anilines is 2. The minimum Gasteiger partial charge on any atom is -0.356 e. The fraction of sp³-hybridized carbons (Fsp3) is 0.316. The van der Waals surface area contributed by atoms with Crippen molar-refractivity contribution in [2.75, 3.05) is 23.3 Å². The molecule has 4 heterocycles. The Morgan fingerprint density at radius 2 is 2.00 bits per heavy atom. The summed E-state index contributed by atoms with van der Waals surface area (Å²) in [7, 11) is -3.56. The molecule has 0 bridgehead atoms. The van der Waals surface area contributed by atoms with Crippen LogP contribution in [0, 0.1) is 0 Å². The van der Waals surface area contributed by atoms with Gasteiger partial charge in [-0.2, -0.15) is 4.31 Å². The van der Waals surface area contributed by atoms with Crippen molar-refractivity contribution >= 4 is 32.4 Å². The van der Waals surface area contributed by atoms with Crippen molar-refractivity contribution in [2.24, 2.45) is 0 Å². The van der Waals surface area contributed by atoms with Gasteiger partial charge in [0.1, 0.15) is 5.65 Å². The fourth-order valence-corrected chi connectivity index (χ4v) is 5.74. The Labute approximate surface area is 162 Å². The van der Waals surface area contributed by atoms with Crippen LogP contribution in [0.1, 0.15) is 12.8 Å². The summed E-state index contributed by atoms with van der Waals surface area (Å²) >= 11 is 0. The maximum atomic E-state index is 13.1. The molecule has 3 N–H and O–H groups in total. The highest BCUT2D eigenvalue weighted by molar-refractivity contribution is 7.89. The van der Waals surface area contributed by atoms with Gasteiger partial charge in [0.2, 0.25) is 16.4 Å². The number of H-pyrrole nitrogens is 1. The second-order valence-corrected chi connectivity index (χ2v) is 9.10. The second-order valence-electron chi connectivity index (χ2n) is 7.16. The number of piperidine rings is 1. The Kier molecular flexibility index (Phi) is 4.04. The third kappa shape index (κ3) is 2.66. The van der Waals surface area contributed by atoms with Crippen molar-refractivity contribution < 1.29 is 13.5 Å². The van der Waals surface area contributed by atoms with Gasteiger partial charge in [0, 0.05) is 30.7 Å². The molecule has 28 heavy (non-hydrogen) atoms. The van der Waals surface area contributed by atoms with Gasteiger partial charge >= 0.3 is 0 Å². The fourth-order valence-electron chi connectivity index (χ4n) is 4.20. The Bertz CT molecular complexity index is 1120. The van der Waals surface area contributed by atoms with Crippen LogP contribution in [-0.4, -0.2) is 53.3 Å². The molecule has 1 saturated heterocycles. The van der Waals surface area contributed by atoms with Crippen LogP contribution in [0.15, 0.2) is 53.7 Å². The molecule has 0 radical (unpaired) electrons. The number of nitrogens with zero attached hydrogens (tertiary/aromatic N) is 3. The summed E-state index contributed by atoms with van der Waals surface area (Å²) in [5.41, 5.74) is 2.36. The third-order valence-electron chi connectivity index (χ3n) is 5.50. The van der Waals surface area contributed by atoms with E-state index < -0.39 is 16.4 Å². The quantitative estimate of drug-likeness (QED) is 0.622. The zero-order chi connectivity index (χ0) is 19.3. The van der Waals surface area contributed by atoms with E-state index in [1.807, 2.05) is 17.2 Å². The van der Waals surface area contributed by atoms with Crippen molar-refractivity contribution in [3.8, 4) is 0 Å². The van der Waals surface area contributed by atoms with Crippen LogP contribution in [0.2, 0.25) is 0 Å². The highest BCUT2D eigenvalue weighted by Crippen LogP contribution is 2.41. The molecule has 2 aliphatic heterocycles. The number of nitrogens with one attached hydrogen (secondary N) is 2. The number of fused-ring (bicyclic) bond motifs is 3. The van der Waals surface area contributed by atoms with E-state index in [0.29, 0.717) is 18.0 Å². The number of hydrogen-bond acceptors (Lipinski definition) is 6. The molecular formula is C19H21N5O3S. The van der Waals surface area contributed by atoms with Crippen LogP contribution in [0.4, 0.5) is 11.4 Å². The average Bonchev–Trinajstić information content (AvgIpc) is 3.32. The molecule has 2 aliphatic rings. The van der Waals surface area contributed by atoms with Gasteiger partial charge in [-0.15, -0.1) is 0 Å². The first kappa shape index (κ1) is 17.5. The van der Waals surface area contributed by atoms with Crippen molar-refractivity contribution in [3.05, 3.63) is 48.8 Å². The molecule has 2 aromatic heterocycles. The number of aromatic nitrogens is 2. The molecule has 3 aromatic rings. The molecule has 9 heteroatoms. The number of aromatic amines is 1. The van der Waals surface area contributed by atoms with Crippen molar-refractivity contribution in [3.63, 3.8) is 0 Å². The molecule has 0 saturated carbocycles. The zero-order valence-corrected chi connectivity index (χ0v) is 15.9. The number of benzene rings is 1. The van der Waals surface area contributed by atoms with E-state index in [2.05, 4.69) is 15.3 Å². The standard InChI is InChI=1S/C19H21N5O3S/c25-19-22-16-11-21-18-15(8-9-20-18)17(16)24(19)13-5-4-10-23(12-13)28(26,27)14-6-2-1-3-7-14/h1-3,6-9,11,13,19,22,25H,4-5,10,12H2,(H,20,21)/t13-,19?/m1/s1. The highest BCUT2D eigenvalue weighted by Gasteiger charge is 2.39. The average molecular weight is 399 g/mol. The highest BCUT2D eigenvalue weighted by atomic mass is 32.2. The number of rotatable bonds is 3. The second kappa shape index (κ2) is 6.47. The van der Waals surface area contributed by atoms with Crippen molar-refractivity contribution in [1.82, 2.24) is 14.3 Å². The molecule has 0 amide bonds. The minimum atomic E-state index is -3.56. The van der Waals surface area contributed by atoms with E-state index in [1.165, 1.54) is 4.31 Å². The van der Waals surface area contributed by atoms with Gasteiger partial charge in [-0.05, 0) is 31.0 Å². The summed E-state index contributed by atoms with van der Waals surface area (Å²) in [5.74, 6) is 0. The number of sulfonamides is 1. The van der Waals surface area contributed by atoms with E-state index in [-0.39, 0.29) is 6.04 Å². The maximum Gasteiger partial charge on any atom is 0.243 e. The Morgan fingerprint density at radius 3 is 2.82 bits per heavy atom. The normalized spacial score (nSPS) is 23.0. The predicted molar refractivity (Wildman–Crippen MR) is 106 cm³/mol. The molecule has 0 spiro atoms. The van der Waals surface area contributed by atoms with Gasteiger partial charge in [0.15, 0.2) is 0 Å². The molecule has 1 unspecified atom stereocenters. The first-order valence-electron chi connectivity index (χ1n) is 9.30. The molecule has 146 valence electrons. The van der Waals surface area contributed by atoms with Crippen LogP contribution >= 0.6 is 0 Å². The van der Waals surface area contributed by atoms with E-state index in [0.717, 1.165) is 35.2 Å². The first-order chi connectivity index (χ1) is 13.6. The lowest BCUT2D eigenvalue weighted by atomic mass is 10.1. The number of hydrogen-bond donors (Lipinski definition) is 3.